The molecule has 0 aromatic heterocycles. The van der Waals surface area contributed by atoms with Crippen LogP contribution >= 0.6 is 0 Å². The van der Waals surface area contributed by atoms with E-state index < -0.39 is 10.0 Å². The number of aromatic hydroxyl groups is 1. The van der Waals surface area contributed by atoms with Crippen LogP contribution in [0.1, 0.15) is 13.3 Å². The predicted molar refractivity (Wildman–Crippen MR) is 91.8 cm³/mol. The molecule has 0 saturated carbocycles. The van der Waals surface area contributed by atoms with Crippen LogP contribution in [0.5, 0.6) is 11.5 Å². The molecule has 1 aliphatic rings. The molecule has 0 spiro atoms. The fourth-order valence-electron chi connectivity index (χ4n) is 2.53. The number of nitrogens with zero attached hydrogens (tertiary/aromatic N) is 2. The Morgan fingerprint density at radius 3 is 2.33 bits per heavy atom. The van der Waals surface area contributed by atoms with Gasteiger partial charge in [-0.15, -0.1) is 0 Å². The van der Waals surface area contributed by atoms with E-state index in [0.717, 1.165) is 5.75 Å². The molecule has 7 nitrogen and oxygen atoms in total. The van der Waals surface area contributed by atoms with E-state index in [1.807, 2.05) is 19.1 Å². The highest BCUT2D eigenvalue weighted by Gasteiger charge is 2.28. The molecule has 1 aromatic rings. The van der Waals surface area contributed by atoms with Crippen LogP contribution in [0.25, 0.3) is 0 Å². The molecule has 1 saturated heterocycles. The van der Waals surface area contributed by atoms with Crippen molar-refractivity contribution in [3.63, 3.8) is 0 Å². The number of piperazine rings is 1. The smallest absolute Gasteiger partial charge is 0.260 e. The molecule has 1 heterocycles. The second-order valence-electron chi connectivity index (χ2n) is 5.60. The second kappa shape index (κ2) is 8.34. The van der Waals surface area contributed by atoms with Gasteiger partial charge in [-0.1, -0.05) is 6.92 Å². The van der Waals surface area contributed by atoms with Crippen molar-refractivity contribution in [1.29, 1.82) is 0 Å². The van der Waals surface area contributed by atoms with Crippen LogP contribution in [0.15, 0.2) is 24.3 Å². The zero-order chi connectivity index (χ0) is 17.6. The molecule has 0 aliphatic carbocycles. The molecule has 1 aliphatic heterocycles. The first-order chi connectivity index (χ1) is 11.5. The highest BCUT2D eigenvalue weighted by atomic mass is 32.2. The number of hydrogen-bond donors (Lipinski definition) is 0. The predicted octanol–water partition coefficient (Wildman–Crippen LogP) is 0.820. The first kappa shape index (κ1) is 18.5. The van der Waals surface area contributed by atoms with Crippen LogP contribution in [0, 0.1) is 0 Å². The van der Waals surface area contributed by atoms with Crippen molar-refractivity contribution >= 4 is 15.9 Å². The van der Waals surface area contributed by atoms with Crippen LogP contribution in [0.2, 0.25) is 0 Å². The molecule has 0 unspecified atom stereocenters. The van der Waals surface area contributed by atoms with Crippen molar-refractivity contribution in [2.45, 2.75) is 13.3 Å². The van der Waals surface area contributed by atoms with E-state index in [1.54, 1.807) is 24.1 Å². The lowest BCUT2D eigenvalue weighted by Crippen LogP contribution is -2.52. The zero-order valence-corrected chi connectivity index (χ0v) is 15.0. The Kier molecular flexibility index (Phi) is 6.44. The Morgan fingerprint density at radius 1 is 1.17 bits per heavy atom. The third-order valence-electron chi connectivity index (χ3n) is 3.90. The molecule has 24 heavy (non-hydrogen) atoms. The van der Waals surface area contributed by atoms with Gasteiger partial charge in [0, 0.05) is 38.3 Å². The number of benzene rings is 1. The molecule has 1 aromatic carbocycles. The lowest BCUT2D eigenvalue weighted by Gasteiger charge is -2.33. The molecule has 0 bridgehead atoms. The van der Waals surface area contributed by atoms with Gasteiger partial charge in [-0.05, 0) is 18.6 Å². The summed E-state index contributed by atoms with van der Waals surface area (Å²) in [5, 5.41) is 0. The Hall–Kier alpha value is -1.80. The van der Waals surface area contributed by atoms with Crippen LogP contribution < -0.4 is 4.74 Å². The zero-order valence-electron chi connectivity index (χ0n) is 14.1. The van der Waals surface area contributed by atoms with Crippen LogP contribution in [0.4, 0.5) is 0 Å². The van der Waals surface area contributed by atoms with Crippen LogP contribution in [-0.4, -0.2) is 73.9 Å². The average molecular weight is 357 g/mol. The highest BCUT2D eigenvalue weighted by Crippen LogP contribution is 2.17. The largest absolute Gasteiger partial charge is 0.585 e. The number of rotatable bonds is 7. The molecule has 134 valence electrons. The van der Waals surface area contributed by atoms with E-state index in [1.165, 1.54) is 4.31 Å². The average Bonchev–Trinajstić information content (AvgIpc) is 2.60. The number of aliphatic hydroxyl groups is 1. The molecule has 2 rings (SSSR count). The molecular weight excluding hydrogens is 332 g/mol. The normalized spacial score (nSPS) is 16.0. The SMILES string of the molecule is CCCS(=O)(=O)N1CCN(C(=O)COc2ccc([OH+]C)cc2)CC1. The fourth-order valence-corrected chi connectivity index (χ4v) is 4.02. The third kappa shape index (κ3) is 4.85. The molecule has 0 radical (unpaired) electrons. The standard InChI is InChI=1S/C16H24N2O5S/c1-3-12-24(20,21)18-10-8-17(9-11-18)16(19)13-23-15-6-4-14(22-2)5-7-15/h4-7H,3,8-13H2,1-2H3/p+1. The summed E-state index contributed by atoms with van der Waals surface area (Å²) in [6, 6.07) is 7.17. The van der Waals surface area contributed by atoms with Gasteiger partial charge in [0.25, 0.3) is 11.7 Å². The van der Waals surface area contributed by atoms with E-state index in [-0.39, 0.29) is 18.3 Å². The Bertz CT molecular complexity index is 637. The van der Waals surface area contributed by atoms with Gasteiger partial charge in [0.1, 0.15) is 5.75 Å². The number of amides is 1. The summed E-state index contributed by atoms with van der Waals surface area (Å²) in [6.45, 7) is 3.29. The molecule has 1 amide bonds. The Balaban J connectivity index is 1.80. The van der Waals surface area contributed by atoms with Gasteiger partial charge in [0.05, 0.1) is 5.75 Å². The van der Waals surface area contributed by atoms with E-state index in [2.05, 4.69) is 4.74 Å². The maximum absolute atomic E-state index is 12.2. The summed E-state index contributed by atoms with van der Waals surface area (Å²) in [5.41, 5.74) is 0. The van der Waals surface area contributed by atoms with Crippen molar-refractivity contribution in [1.82, 2.24) is 9.21 Å². The number of ether oxygens (including phenoxy) is 2. The first-order valence-electron chi connectivity index (χ1n) is 8.04. The maximum Gasteiger partial charge on any atom is 0.260 e. The van der Waals surface area contributed by atoms with Gasteiger partial charge < -0.3 is 14.4 Å². The van der Waals surface area contributed by atoms with Crippen molar-refractivity contribution in [2.24, 2.45) is 0 Å². The minimum absolute atomic E-state index is 0.0513. The second-order valence-corrected chi connectivity index (χ2v) is 7.69. The molecule has 1 N–H and O–H groups in total. The summed E-state index contributed by atoms with van der Waals surface area (Å²) in [5.74, 6) is 1.48. The lowest BCUT2D eigenvalue weighted by molar-refractivity contribution is -0.134. The molecule has 0 atom stereocenters. The van der Waals surface area contributed by atoms with Gasteiger partial charge in [0.2, 0.25) is 10.0 Å². The van der Waals surface area contributed by atoms with Crippen molar-refractivity contribution < 1.29 is 22.7 Å². The van der Waals surface area contributed by atoms with Gasteiger partial charge in [-0.25, -0.2) is 8.42 Å². The van der Waals surface area contributed by atoms with E-state index >= 15 is 0 Å². The monoisotopic (exact) mass is 357 g/mol. The van der Waals surface area contributed by atoms with Gasteiger partial charge in [-0.2, -0.15) is 4.31 Å². The molecular formula is C16H25N2O5S+. The summed E-state index contributed by atoms with van der Waals surface area (Å²) in [4.78, 5) is 13.8. The number of carbonyl (C=O) groups is 1. The van der Waals surface area contributed by atoms with Gasteiger partial charge in [-0.3, -0.25) is 4.79 Å². The van der Waals surface area contributed by atoms with Crippen LogP contribution in [0.3, 0.4) is 0 Å². The maximum atomic E-state index is 12.2. The Morgan fingerprint density at radius 2 is 1.79 bits per heavy atom. The first-order valence-corrected chi connectivity index (χ1v) is 9.65. The minimum Gasteiger partial charge on any atom is -0.585 e. The quantitative estimate of drug-likeness (QED) is 0.677. The summed E-state index contributed by atoms with van der Waals surface area (Å²) in [6.07, 6.45) is 0.597. The van der Waals surface area contributed by atoms with Crippen molar-refractivity contribution in [2.75, 3.05) is 45.6 Å². The van der Waals surface area contributed by atoms with E-state index in [4.69, 9.17) is 4.74 Å². The summed E-state index contributed by atoms with van der Waals surface area (Å²) < 4.78 is 35.0. The topological polar surface area (TPSA) is 79.7 Å². The van der Waals surface area contributed by atoms with E-state index in [9.17, 15) is 13.2 Å². The van der Waals surface area contributed by atoms with Crippen molar-refractivity contribution in [3.8, 4) is 11.5 Å². The number of sulfonamides is 1. The number of hydrogen-bond acceptors (Lipinski definition) is 4. The molecule has 8 heteroatoms. The lowest BCUT2D eigenvalue weighted by atomic mass is 10.3. The van der Waals surface area contributed by atoms with Crippen LogP contribution in [-0.2, 0) is 14.8 Å². The minimum atomic E-state index is -3.19. The summed E-state index contributed by atoms with van der Waals surface area (Å²) in [7, 11) is -1.48. The Labute approximate surface area is 143 Å². The summed E-state index contributed by atoms with van der Waals surface area (Å²) >= 11 is 0. The van der Waals surface area contributed by atoms with Gasteiger partial charge in [0.15, 0.2) is 13.7 Å². The van der Waals surface area contributed by atoms with Gasteiger partial charge >= 0.3 is 0 Å². The van der Waals surface area contributed by atoms with Crippen molar-refractivity contribution in [3.05, 3.63) is 24.3 Å². The third-order valence-corrected chi connectivity index (χ3v) is 5.98. The highest BCUT2D eigenvalue weighted by molar-refractivity contribution is 7.89. The fraction of sp³-hybridized carbons (Fsp3) is 0.562. The number of carbonyl (C=O) groups excluding carboxylic acids is 1. The van der Waals surface area contributed by atoms with E-state index in [0.29, 0.717) is 38.3 Å². The molecule has 1 fully saturated rings.